The minimum atomic E-state index is -0.998. The lowest BCUT2D eigenvalue weighted by Gasteiger charge is -2.60. The first-order valence-electron chi connectivity index (χ1n) is 22.1. The highest BCUT2D eigenvalue weighted by Gasteiger charge is 2.60. The van der Waals surface area contributed by atoms with Gasteiger partial charge in [0.1, 0.15) is 17.1 Å². The highest BCUT2D eigenvalue weighted by atomic mass is 16.6. The largest absolute Gasteiger partial charge is 0.462 e. The molecule has 4 bridgehead atoms. The molecule has 0 aliphatic heterocycles. The molecule has 352 valence electrons. The minimum absolute atomic E-state index is 0.0190. The van der Waals surface area contributed by atoms with Gasteiger partial charge in [-0.1, -0.05) is 36.9 Å². The molecular weight excluding hydrogens is 873 g/mol. The molecular formula is C53H52N2O13. The summed E-state index contributed by atoms with van der Waals surface area (Å²) >= 11 is 0. The zero-order valence-electron chi connectivity index (χ0n) is 38.3. The third-order valence-electron chi connectivity index (χ3n) is 12.6. The van der Waals surface area contributed by atoms with E-state index in [0.29, 0.717) is 36.7 Å². The molecule has 2 unspecified atom stereocenters. The van der Waals surface area contributed by atoms with Gasteiger partial charge in [0.05, 0.1) is 40.0 Å². The van der Waals surface area contributed by atoms with Crippen LogP contribution in [0.5, 0.6) is 11.5 Å². The molecule has 0 heterocycles. The quantitative estimate of drug-likeness (QED) is 0.0547. The number of carbonyl (C=O) groups excluding carboxylic acids is 8. The molecule has 8 rings (SSSR count). The van der Waals surface area contributed by atoms with E-state index < -0.39 is 60.1 Å². The maximum absolute atomic E-state index is 14.1. The molecule has 4 aromatic rings. The molecule has 15 nitrogen and oxygen atoms in total. The van der Waals surface area contributed by atoms with E-state index in [1.165, 1.54) is 63.4 Å². The summed E-state index contributed by atoms with van der Waals surface area (Å²) in [5.74, 6) is -4.69. The SMILES string of the molecule is C=C(C)C(=O)COC(=O)c1ccc(Oc2ccc(C(=O)OCC(=O)C(=C)C)c(C(=O)Nc3cccc(C(=O)OC45CC6CC(CC(COC(=O)c7cccc(C)c7)(C6)C4)C5)c3)c2)cc1C(=O)NC. The van der Waals surface area contributed by atoms with Gasteiger partial charge in [0.25, 0.3) is 11.8 Å². The first-order chi connectivity index (χ1) is 32.3. The van der Waals surface area contributed by atoms with Crippen molar-refractivity contribution in [1.29, 1.82) is 0 Å². The van der Waals surface area contributed by atoms with Crippen LogP contribution in [-0.4, -0.2) is 79.7 Å². The zero-order chi connectivity index (χ0) is 48.9. The number of Topliss-reactive ketones (excluding diaryl/α,β-unsaturated/α-hetero) is 2. The third kappa shape index (κ3) is 11.1. The molecule has 68 heavy (non-hydrogen) atoms. The average Bonchev–Trinajstić information content (AvgIpc) is 3.30. The number of benzene rings is 4. The maximum atomic E-state index is 14.1. The summed E-state index contributed by atoms with van der Waals surface area (Å²) in [5.41, 5.74) is 0.357. The van der Waals surface area contributed by atoms with Crippen LogP contribution < -0.4 is 15.4 Å². The second-order valence-electron chi connectivity index (χ2n) is 18.2. The first kappa shape index (κ1) is 48.3. The summed E-state index contributed by atoms with van der Waals surface area (Å²) in [4.78, 5) is 105. The summed E-state index contributed by atoms with van der Waals surface area (Å²) in [6.07, 6.45) is 4.77. The van der Waals surface area contributed by atoms with E-state index in [4.69, 9.17) is 23.7 Å². The molecule has 0 spiro atoms. The maximum Gasteiger partial charge on any atom is 0.339 e. The third-order valence-corrected chi connectivity index (χ3v) is 12.6. The van der Waals surface area contributed by atoms with Crippen molar-refractivity contribution in [3.8, 4) is 11.5 Å². The second kappa shape index (κ2) is 20.0. The first-order valence-corrected chi connectivity index (χ1v) is 22.1. The predicted molar refractivity (Wildman–Crippen MR) is 248 cm³/mol. The van der Waals surface area contributed by atoms with Gasteiger partial charge in [-0.3, -0.25) is 19.2 Å². The van der Waals surface area contributed by atoms with E-state index in [1.807, 2.05) is 19.1 Å². The number of hydrogen-bond donors (Lipinski definition) is 2. The van der Waals surface area contributed by atoms with Gasteiger partial charge in [-0.05, 0) is 149 Å². The molecule has 2 N–H and O–H groups in total. The Balaban J connectivity index is 1.09. The minimum Gasteiger partial charge on any atom is -0.462 e. The summed E-state index contributed by atoms with van der Waals surface area (Å²) < 4.78 is 28.7. The van der Waals surface area contributed by atoms with Crippen molar-refractivity contribution in [2.75, 3.05) is 32.2 Å². The van der Waals surface area contributed by atoms with E-state index in [1.54, 1.807) is 30.3 Å². The number of ether oxygens (including phenoxy) is 5. The van der Waals surface area contributed by atoms with Gasteiger partial charge < -0.3 is 34.3 Å². The van der Waals surface area contributed by atoms with Gasteiger partial charge in [0, 0.05) is 18.2 Å². The van der Waals surface area contributed by atoms with Gasteiger partial charge >= 0.3 is 23.9 Å². The Kier molecular flexibility index (Phi) is 14.2. The summed E-state index contributed by atoms with van der Waals surface area (Å²) in [7, 11) is 1.36. The van der Waals surface area contributed by atoms with Crippen molar-refractivity contribution in [2.24, 2.45) is 17.3 Å². The summed E-state index contributed by atoms with van der Waals surface area (Å²) in [6, 6.07) is 21.2. The molecule has 4 aliphatic carbocycles. The standard InChI is InChI=1S/C53H52N2O13/c1-30(2)44(56)26-64-50(62)40-15-13-38(20-42(40)46(58)54-6)67-39-14-16-41(51(63)65-27-45(57)31(3)4)43(21-39)47(59)55-37-12-8-11-36(19-37)49(61)68-53-24-33-18-34(25-53)23-52(22-33,28-53)29-66-48(60)35-10-7-9-32(5)17-35/h7-17,19-21,33-34H,1,3,18,22-29H2,2,4-6H3,(H,54,58)(H,55,59). The number of amides is 2. The highest BCUT2D eigenvalue weighted by molar-refractivity contribution is 6.12. The highest BCUT2D eigenvalue weighted by Crippen LogP contribution is 2.63. The van der Waals surface area contributed by atoms with Crippen LogP contribution in [0, 0.1) is 24.2 Å². The number of hydrogen-bond acceptors (Lipinski definition) is 13. The van der Waals surface area contributed by atoms with Gasteiger partial charge in [0.2, 0.25) is 0 Å². The van der Waals surface area contributed by atoms with E-state index >= 15 is 0 Å². The fourth-order valence-corrected chi connectivity index (χ4v) is 9.75. The topological polar surface area (TPSA) is 207 Å². The molecule has 0 saturated heterocycles. The molecule has 0 aromatic heterocycles. The molecule has 4 saturated carbocycles. The smallest absolute Gasteiger partial charge is 0.339 e. The van der Waals surface area contributed by atoms with Gasteiger partial charge in [-0.25, -0.2) is 19.2 Å². The van der Waals surface area contributed by atoms with Crippen LogP contribution in [0.2, 0.25) is 0 Å². The Morgan fingerprint density at radius 1 is 0.618 bits per heavy atom. The van der Waals surface area contributed by atoms with E-state index in [2.05, 4.69) is 23.8 Å². The fourth-order valence-electron chi connectivity index (χ4n) is 9.75. The van der Waals surface area contributed by atoms with Crippen LogP contribution in [0.25, 0.3) is 0 Å². The Bertz CT molecular complexity index is 2760. The number of nitrogens with one attached hydrogen (secondary N) is 2. The average molecular weight is 925 g/mol. The number of ketones is 2. The molecule has 4 aromatic carbocycles. The second-order valence-corrected chi connectivity index (χ2v) is 18.2. The van der Waals surface area contributed by atoms with Crippen molar-refractivity contribution < 1.29 is 62.0 Å². The Morgan fingerprint density at radius 3 is 1.71 bits per heavy atom. The Morgan fingerprint density at radius 2 is 1.16 bits per heavy atom. The molecule has 2 atom stereocenters. The summed E-state index contributed by atoms with van der Waals surface area (Å²) in [6.45, 7) is 11.0. The number of aryl methyl sites for hydroxylation is 1. The van der Waals surface area contributed by atoms with Gasteiger partial charge in [-0.2, -0.15) is 0 Å². The van der Waals surface area contributed by atoms with Crippen molar-refractivity contribution in [3.63, 3.8) is 0 Å². The lowest BCUT2D eigenvalue weighted by molar-refractivity contribution is -0.177. The van der Waals surface area contributed by atoms with E-state index in [0.717, 1.165) is 24.8 Å². The number of carbonyl (C=O) groups is 8. The van der Waals surface area contributed by atoms with E-state index in [9.17, 15) is 38.4 Å². The normalized spacial score (nSPS) is 19.7. The van der Waals surface area contributed by atoms with Crippen LogP contribution in [0.4, 0.5) is 5.69 Å². The van der Waals surface area contributed by atoms with Crippen LogP contribution in [0.3, 0.4) is 0 Å². The van der Waals surface area contributed by atoms with Gasteiger partial charge in [-0.15, -0.1) is 0 Å². The number of esters is 4. The molecule has 15 heteroatoms. The lowest BCUT2D eigenvalue weighted by Crippen LogP contribution is -2.58. The van der Waals surface area contributed by atoms with Crippen molar-refractivity contribution in [2.45, 2.75) is 64.9 Å². The Labute approximate surface area is 393 Å². The summed E-state index contributed by atoms with van der Waals surface area (Å²) in [5, 5.41) is 5.18. The predicted octanol–water partition coefficient (Wildman–Crippen LogP) is 8.36. The molecule has 2 amide bonds. The molecule has 4 aliphatic rings. The van der Waals surface area contributed by atoms with Crippen molar-refractivity contribution >= 4 is 52.9 Å². The van der Waals surface area contributed by atoms with E-state index in [-0.39, 0.29) is 74.1 Å². The lowest BCUT2D eigenvalue weighted by atomic mass is 9.48. The van der Waals surface area contributed by atoms with Crippen LogP contribution in [-0.2, 0) is 28.5 Å². The Hall–Kier alpha value is -7.68. The van der Waals surface area contributed by atoms with Crippen LogP contribution >= 0.6 is 0 Å². The molecule has 0 radical (unpaired) electrons. The monoisotopic (exact) mass is 924 g/mol. The van der Waals surface area contributed by atoms with Crippen LogP contribution in [0.15, 0.2) is 109 Å². The van der Waals surface area contributed by atoms with Crippen LogP contribution in [0.1, 0.15) is 120 Å². The fraction of sp³-hybridized carbons (Fsp3) is 0.321. The van der Waals surface area contributed by atoms with Crippen molar-refractivity contribution in [1.82, 2.24) is 5.32 Å². The molecule has 4 fully saturated rings. The zero-order valence-corrected chi connectivity index (χ0v) is 38.3. The number of anilines is 1. The van der Waals surface area contributed by atoms with Crippen molar-refractivity contribution in [3.05, 3.63) is 148 Å². The van der Waals surface area contributed by atoms with Gasteiger partial charge in [0.15, 0.2) is 24.8 Å². The number of rotatable bonds is 18.